The number of pyridine rings is 1. The van der Waals surface area contributed by atoms with Gasteiger partial charge in [-0.2, -0.15) is 13.2 Å². The number of hydrogen-bond acceptors (Lipinski definition) is 3. The SMILES string of the molecule is CCNC(CCC(C)(C)OC)c1ccc(C(F)(F)F)cn1. The lowest BCUT2D eigenvalue weighted by molar-refractivity contribution is -0.137. The molecule has 1 aromatic rings. The Kier molecular flexibility index (Phi) is 6.16. The second kappa shape index (κ2) is 7.22. The molecule has 120 valence electrons. The minimum absolute atomic E-state index is 0.0771. The van der Waals surface area contributed by atoms with E-state index < -0.39 is 11.7 Å². The Bertz CT molecular complexity index is 430. The van der Waals surface area contributed by atoms with Gasteiger partial charge in [-0.15, -0.1) is 0 Å². The Hall–Kier alpha value is -1.14. The first-order valence-corrected chi connectivity index (χ1v) is 7.01. The average molecular weight is 304 g/mol. The van der Waals surface area contributed by atoms with Crippen LogP contribution in [0, 0.1) is 0 Å². The molecule has 0 fully saturated rings. The third kappa shape index (κ3) is 5.63. The van der Waals surface area contributed by atoms with Gasteiger partial charge in [0.2, 0.25) is 0 Å². The lowest BCUT2D eigenvalue weighted by atomic mass is 9.97. The van der Waals surface area contributed by atoms with Crippen molar-refractivity contribution in [3.05, 3.63) is 29.6 Å². The van der Waals surface area contributed by atoms with Crippen molar-refractivity contribution in [1.29, 1.82) is 0 Å². The van der Waals surface area contributed by atoms with Crippen LogP contribution in [0.15, 0.2) is 18.3 Å². The minimum atomic E-state index is -4.35. The van der Waals surface area contributed by atoms with Gasteiger partial charge in [-0.1, -0.05) is 6.92 Å². The van der Waals surface area contributed by atoms with Crippen LogP contribution in [-0.2, 0) is 10.9 Å². The summed E-state index contributed by atoms with van der Waals surface area (Å²) in [5.41, 5.74) is -0.366. The molecule has 3 nitrogen and oxygen atoms in total. The van der Waals surface area contributed by atoms with Gasteiger partial charge in [-0.3, -0.25) is 4.98 Å². The molecule has 0 saturated carbocycles. The lowest BCUT2D eigenvalue weighted by Crippen LogP contribution is -2.28. The van der Waals surface area contributed by atoms with Gasteiger partial charge in [0.15, 0.2) is 0 Å². The van der Waals surface area contributed by atoms with Crippen molar-refractivity contribution >= 4 is 0 Å². The Balaban J connectivity index is 2.81. The van der Waals surface area contributed by atoms with Crippen LogP contribution in [0.5, 0.6) is 0 Å². The number of hydrogen-bond donors (Lipinski definition) is 1. The Morgan fingerprint density at radius 3 is 2.38 bits per heavy atom. The molecule has 6 heteroatoms. The fraction of sp³-hybridized carbons (Fsp3) is 0.667. The third-order valence-corrected chi connectivity index (χ3v) is 3.51. The smallest absolute Gasteiger partial charge is 0.379 e. The molecule has 0 bridgehead atoms. The van der Waals surface area contributed by atoms with E-state index in [0.717, 1.165) is 31.6 Å². The molecular weight excluding hydrogens is 281 g/mol. The Labute approximate surface area is 123 Å². The molecular formula is C15H23F3N2O. The third-order valence-electron chi connectivity index (χ3n) is 3.51. The van der Waals surface area contributed by atoms with Crippen molar-refractivity contribution in [1.82, 2.24) is 10.3 Å². The highest BCUT2D eigenvalue weighted by atomic mass is 19.4. The van der Waals surface area contributed by atoms with Crippen LogP contribution in [-0.4, -0.2) is 24.2 Å². The topological polar surface area (TPSA) is 34.1 Å². The van der Waals surface area contributed by atoms with Gasteiger partial charge in [0.25, 0.3) is 0 Å². The number of methoxy groups -OCH3 is 1. The molecule has 1 rings (SSSR count). The predicted octanol–water partition coefficient (Wildman–Crippen LogP) is 3.96. The largest absolute Gasteiger partial charge is 0.417 e. The van der Waals surface area contributed by atoms with E-state index in [9.17, 15) is 13.2 Å². The predicted molar refractivity (Wildman–Crippen MR) is 76.0 cm³/mol. The first-order valence-electron chi connectivity index (χ1n) is 7.01. The number of nitrogens with one attached hydrogen (secondary N) is 1. The molecule has 0 radical (unpaired) electrons. The zero-order chi connectivity index (χ0) is 16.1. The summed E-state index contributed by atoms with van der Waals surface area (Å²) in [6.07, 6.45) is -1.94. The van der Waals surface area contributed by atoms with E-state index in [0.29, 0.717) is 5.69 Å². The van der Waals surface area contributed by atoms with Gasteiger partial charge in [-0.05, 0) is 45.4 Å². The van der Waals surface area contributed by atoms with Crippen LogP contribution in [0.4, 0.5) is 13.2 Å². The fourth-order valence-electron chi connectivity index (χ4n) is 1.97. The number of ether oxygens (including phenoxy) is 1. The average Bonchev–Trinajstić information content (AvgIpc) is 2.43. The zero-order valence-electron chi connectivity index (χ0n) is 12.9. The van der Waals surface area contributed by atoms with Crippen LogP contribution in [0.3, 0.4) is 0 Å². The van der Waals surface area contributed by atoms with E-state index in [-0.39, 0.29) is 11.6 Å². The standard InChI is InChI=1S/C15H23F3N2O/c1-5-19-13(8-9-14(2,3)21-4)12-7-6-11(10-20-12)15(16,17)18/h6-7,10,13,19H,5,8-9H2,1-4H3. The minimum Gasteiger partial charge on any atom is -0.379 e. The quantitative estimate of drug-likeness (QED) is 0.828. The molecule has 0 aliphatic rings. The second-order valence-electron chi connectivity index (χ2n) is 5.58. The zero-order valence-corrected chi connectivity index (χ0v) is 12.9. The maximum atomic E-state index is 12.5. The number of alkyl halides is 3. The normalized spacial score (nSPS) is 14.2. The summed E-state index contributed by atoms with van der Waals surface area (Å²) in [6.45, 7) is 6.64. The van der Waals surface area contributed by atoms with Crippen molar-refractivity contribution in [2.45, 2.75) is 51.4 Å². The summed E-state index contributed by atoms with van der Waals surface area (Å²) in [6, 6.07) is 2.44. The van der Waals surface area contributed by atoms with Gasteiger partial charge in [0.05, 0.1) is 16.9 Å². The van der Waals surface area contributed by atoms with Crippen molar-refractivity contribution in [2.24, 2.45) is 0 Å². The monoisotopic (exact) mass is 304 g/mol. The van der Waals surface area contributed by atoms with Crippen LogP contribution < -0.4 is 5.32 Å². The summed E-state index contributed by atoms with van der Waals surface area (Å²) in [7, 11) is 1.65. The molecule has 0 aromatic carbocycles. The number of rotatable bonds is 7. The van der Waals surface area contributed by atoms with E-state index >= 15 is 0 Å². The molecule has 1 N–H and O–H groups in total. The highest BCUT2D eigenvalue weighted by Crippen LogP contribution is 2.30. The lowest BCUT2D eigenvalue weighted by Gasteiger charge is -2.26. The van der Waals surface area contributed by atoms with Crippen molar-refractivity contribution in [3.8, 4) is 0 Å². The molecule has 0 aliphatic carbocycles. The summed E-state index contributed by atoms with van der Waals surface area (Å²) < 4.78 is 43.0. The highest BCUT2D eigenvalue weighted by Gasteiger charge is 2.31. The number of nitrogens with zero attached hydrogens (tertiary/aromatic N) is 1. The Morgan fingerprint density at radius 1 is 1.29 bits per heavy atom. The molecule has 21 heavy (non-hydrogen) atoms. The molecule has 0 amide bonds. The first kappa shape index (κ1) is 17.9. The number of halogens is 3. The van der Waals surface area contributed by atoms with Crippen molar-refractivity contribution in [2.75, 3.05) is 13.7 Å². The van der Waals surface area contributed by atoms with Crippen LogP contribution >= 0.6 is 0 Å². The fourth-order valence-corrected chi connectivity index (χ4v) is 1.97. The van der Waals surface area contributed by atoms with Gasteiger partial charge in [0, 0.05) is 19.3 Å². The Morgan fingerprint density at radius 2 is 1.95 bits per heavy atom. The summed E-state index contributed by atoms with van der Waals surface area (Å²) in [5.74, 6) is 0. The van der Waals surface area contributed by atoms with E-state index in [1.54, 1.807) is 7.11 Å². The van der Waals surface area contributed by atoms with Gasteiger partial charge in [0.1, 0.15) is 0 Å². The van der Waals surface area contributed by atoms with Gasteiger partial charge >= 0.3 is 6.18 Å². The van der Waals surface area contributed by atoms with Crippen molar-refractivity contribution in [3.63, 3.8) is 0 Å². The number of aromatic nitrogens is 1. The second-order valence-corrected chi connectivity index (χ2v) is 5.58. The molecule has 0 aliphatic heterocycles. The molecule has 1 heterocycles. The van der Waals surface area contributed by atoms with Crippen molar-refractivity contribution < 1.29 is 17.9 Å². The van der Waals surface area contributed by atoms with Gasteiger partial charge in [-0.25, -0.2) is 0 Å². The maximum Gasteiger partial charge on any atom is 0.417 e. The molecule has 1 atom stereocenters. The molecule has 0 saturated heterocycles. The van der Waals surface area contributed by atoms with E-state index in [1.165, 1.54) is 6.07 Å². The summed E-state index contributed by atoms with van der Waals surface area (Å²) in [5, 5.41) is 3.25. The van der Waals surface area contributed by atoms with Crippen LogP contribution in [0.25, 0.3) is 0 Å². The summed E-state index contributed by atoms with van der Waals surface area (Å²) in [4.78, 5) is 3.97. The molecule has 1 unspecified atom stereocenters. The maximum absolute atomic E-state index is 12.5. The van der Waals surface area contributed by atoms with Crippen LogP contribution in [0.1, 0.15) is 50.9 Å². The van der Waals surface area contributed by atoms with E-state index in [2.05, 4.69) is 10.3 Å². The first-order chi connectivity index (χ1) is 9.69. The van der Waals surface area contributed by atoms with E-state index in [4.69, 9.17) is 4.74 Å². The summed E-state index contributed by atoms with van der Waals surface area (Å²) >= 11 is 0. The molecule has 0 spiro atoms. The van der Waals surface area contributed by atoms with E-state index in [1.807, 2.05) is 20.8 Å². The van der Waals surface area contributed by atoms with Crippen LogP contribution in [0.2, 0.25) is 0 Å². The highest BCUT2D eigenvalue weighted by molar-refractivity contribution is 5.19. The van der Waals surface area contributed by atoms with Gasteiger partial charge < -0.3 is 10.1 Å². The molecule has 1 aromatic heterocycles.